The molecule has 1 aromatic heterocycles. The smallest absolute Gasteiger partial charge is 0.450 e. The molecule has 3 aromatic rings. The van der Waals surface area contributed by atoms with Gasteiger partial charge in [0.2, 0.25) is 0 Å². The minimum absolute atomic E-state index is 0.102. The van der Waals surface area contributed by atoms with E-state index in [1.807, 2.05) is 24.3 Å². The van der Waals surface area contributed by atoms with Gasteiger partial charge in [-0.15, -0.1) is 0 Å². The van der Waals surface area contributed by atoms with Crippen LogP contribution in [0.2, 0.25) is 0 Å². The summed E-state index contributed by atoms with van der Waals surface area (Å²) in [6.07, 6.45) is 1.82. The number of nitrogens with zero attached hydrogens (tertiary/aromatic N) is 1. The minimum Gasteiger partial charge on any atom is -0.450 e. The van der Waals surface area contributed by atoms with Gasteiger partial charge < -0.3 is 26.2 Å². The monoisotopic (exact) mass is 513 g/mol. The molecule has 6 N–H and O–H groups in total. The second kappa shape index (κ2) is 12.3. The van der Waals surface area contributed by atoms with E-state index in [9.17, 15) is 18.4 Å². The molecular formula is C25H25F2N5O5. The summed E-state index contributed by atoms with van der Waals surface area (Å²) < 4.78 is 27.3. The van der Waals surface area contributed by atoms with Crippen molar-refractivity contribution in [3.63, 3.8) is 0 Å². The molecule has 0 saturated heterocycles. The van der Waals surface area contributed by atoms with Crippen LogP contribution in [-0.2, 0) is 0 Å². The van der Waals surface area contributed by atoms with E-state index in [2.05, 4.69) is 26.3 Å². The lowest BCUT2D eigenvalue weighted by atomic mass is 10.1. The zero-order valence-electron chi connectivity index (χ0n) is 19.7. The first-order valence-corrected chi connectivity index (χ1v) is 11.3. The molecule has 194 valence electrons. The van der Waals surface area contributed by atoms with E-state index in [0.29, 0.717) is 18.2 Å². The van der Waals surface area contributed by atoms with E-state index in [-0.39, 0.29) is 22.8 Å². The number of nitrogens with one attached hydrogen (secondary N) is 4. The van der Waals surface area contributed by atoms with Gasteiger partial charge in [-0.05, 0) is 55.5 Å². The average Bonchev–Trinajstić information content (AvgIpc) is 3.64. The summed E-state index contributed by atoms with van der Waals surface area (Å²) in [6, 6.07) is 11.5. The van der Waals surface area contributed by atoms with Crippen LogP contribution in [0.4, 0.5) is 41.2 Å². The van der Waals surface area contributed by atoms with E-state index in [1.54, 1.807) is 6.92 Å². The topological polar surface area (TPSA) is 153 Å². The van der Waals surface area contributed by atoms with Gasteiger partial charge in [0.05, 0.1) is 11.3 Å². The zero-order chi connectivity index (χ0) is 26.9. The van der Waals surface area contributed by atoms with Crippen molar-refractivity contribution in [2.24, 2.45) is 0 Å². The molecule has 3 amide bonds. The molecule has 0 atom stereocenters. The van der Waals surface area contributed by atoms with E-state index < -0.39 is 29.7 Å². The van der Waals surface area contributed by atoms with Crippen molar-refractivity contribution in [3.05, 3.63) is 77.5 Å². The van der Waals surface area contributed by atoms with Crippen LogP contribution in [-0.4, -0.2) is 39.8 Å². The zero-order valence-corrected chi connectivity index (χ0v) is 19.7. The van der Waals surface area contributed by atoms with Crippen LogP contribution in [0.1, 0.15) is 41.6 Å². The van der Waals surface area contributed by atoms with E-state index >= 15 is 0 Å². The summed E-state index contributed by atoms with van der Waals surface area (Å²) in [4.78, 5) is 37.5. The number of hydrogen-bond acceptors (Lipinski definition) is 5. The van der Waals surface area contributed by atoms with Crippen molar-refractivity contribution in [1.82, 2.24) is 10.3 Å². The molecule has 0 spiro atoms. The lowest BCUT2D eigenvalue weighted by Crippen LogP contribution is -2.28. The lowest BCUT2D eigenvalue weighted by molar-refractivity contribution is 0.102. The van der Waals surface area contributed by atoms with Gasteiger partial charge in [-0.2, -0.15) is 0 Å². The molecule has 1 aliphatic rings. The molecule has 0 radical (unpaired) electrons. The normalized spacial score (nSPS) is 12.0. The molecule has 0 aliphatic heterocycles. The van der Waals surface area contributed by atoms with Crippen molar-refractivity contribution in [1.29, 1.82) is 0 Å². The Morgan fingerprint density at radius 3 is 2.14 bits per heavy atom. The quantitative estimate of drug-likeness (QED) is 0.241. The molecule has 37 heavy (non-hydrogen) atoms. The largest absolute Gasteiger partial charge is 0.503 e. The number of amides is 3. The highest BCUT2D eigenvalue weighted by molar-refractivity contribution is 6.08. The highest BCUT2D eigenvalue weighted by Crippen LogP contribution is 2.40. The number of hydrogen-bond donors (Lipinski definition) is 6. The Bertz CT molecular complexity index is 1260. The Kier molecular flexibility index (Phi) is 8.92. The van der Waals surface area contributed by atoms with Gasteiger partial charge >= 0.3 is 12.2 Å². The summed E-state index contributed by atoms with van der Waals surface area (Å²) in [6.45, 7) is 2.18. The van der Waals surface area contributed by atoms with E-state index in [4.69, 9.17) is 15.0 Å². The Balaban J connectivity index is 0.000000886. The number of urea groups is 1. The molecule has 12 heteroatoms. The first-order valence-electron chi connectivity index (χ1n) is 11.3. The van der Waals surface area contributed by atoms with Crippen LogP contribution in [0, 0.1) is 11.6 Å². The van der Waals surface area contributed by atoms with Crippen LogP contribution in [0.15, 0.2) is 54.7 Å². The van der Waals surface area contributed by atoms with E-state index in [0.717, 1.165) is 18.2 Å². The minimum atomic E-state index is -1.83. The summed E-state index contributed by atoms with van der Waals surface area (Å²) in [5.74, 6) is -1.24. The summed E-state index contributed by atoms with van der Waals surface area (Å²) in [5.41, 5.74) is 2.30. The van der Waals surface area contributed by atoms with Crippen molar-refractivity contribution in [2.45, 2.75) is 25.7 Å². The third kappa shape index (κ3) is 8.46. The standard InChI is InChI=1S/C24H23F2N5O2.CH2O3/c1-2-27-24(33)31-22-12-21(29-19-10-16(25)9-17(26)11-19)20(13-28-22)23(32)30-18-7-5-15(6-8-18)14-3-4-14;2-1(3)4/h5-14H,2-4H2,1H3,(H,30,32)(H3,27,28,29,31,33);(H2,2,3,4). The van der Waals surface area contributed by atoms with Crippen molar-refractivity contribution in [3.8, 4) is 0 Å². The number of anilines is 4. The highest BCUT2D eigenvalue weighted by atomic mass is 19.1. The summed E-state index contributed by atoms with van der Waals surface area (Å²) in [7, 11) is 0. The number of carboxylic acid groups (broad SMARTS) is 2. The van der Waals surface area contributed by atoms with E-state index in [1.165, 1.54) is 30.7 Å². The van der Waals surface area contributed by atoms with Crippen LogP contribution < -0.4 is 21.3 Å². The van der Waals surface area contributed by atoms with Crippen LogP contribution in [0.3, 0.4) is 0 Å². The van der Waals surface area contributed by atoms with Gasteiger partial charge in [-0.3, -0.25) is 10.1 Å². The first kappa shape index (κ1) is 26.9. The predicted molar refractivity (Wildman–Crippen MR) is 134 cm³/mol. The molecule has 10 nitrogen and oxygen atoms in total. The van der Waals surface area contributed by atoms with Gasteiger partial charge in [0.25, 0.3) is 5.91 Å². The Morgan fingerprint density at radius 2 is 1.57 bits per heavy atom. The molecule has 0 unspecified atom stereocenters. The molecule has 1 aliphatic carbocycles. The number of aromatic nitrogens is 1. The Hall–Kier alpha value is -4.74. The van der Waals surface area contributed by atoms with Crippen LogP contribution in [0.5, 0.6) is 0 Å². The average molecular weight is 514 g/mol. The maximum Gasteiger partial charge on any atom is 0.503 e. The molecular weight excluding hydrogens is 488 g/mol. The van der Waals surface area contributed by atoms with Crippen LogP contribution >= 0.6 is 0 Å². The number of rotatable bonds is 7. The Morgan fingerprint density at radius 1 is 0.946 bits per heavy atom. The third-order valence-electron chi connectivity index (χ3n) is 5.09. The van der Waals surface area contributed by atoms with Crippen molar-refractivity contribution >= 4 is 41.0 Å². The third-order valence-corrected chi connectivity index (χ3v) is 5.09. The molecule has 1 saturated carbocycles. The van der Waals surface area contributed by atoms with Gasteiger partial charge in [-0.1, -0.05) is 12.1 Å². The van der Waals surface area contributed by atoms with Gasteiger partial charge in [0, 0.05) is 36.2 Å². The van der Waals surface area contributed by atoms with Crippen molar-refractivity contribution < 1.29 is 33.4 Å². The molecule has 1 fully saturated rings. The number of carbonyl (C=O) groups excluding carboxylic acids is 2. The first-order chi connectivity index (χ1) is 17.6. The Labute approximate surface area is 210 Å². The summed E-state index contributed by atoms with van der Waals surface area (Å²) in [5, 5.41) is 24.7. The molecule has 2 aromatic carbocycles. The maximum atomic E-state index is 13.7. The number of halogens is 2. The fourth-order valence-corrected chi connectivity index (χ4v) is 3.36. The van der Waals surface area contributed by atoms with Gasteiger partial charge in [-0.25, -0.2) is 23.4 Å². The number of carbonyl (C=O) groups is 3. The summed E-state index contributed by atoms with van der Waals surface area (Å²) >= 11 is 0. The SMILES string of the molecule is CCNC(=O)Nc1cc(Nc2cc(F)cc(F)c2)c(C(=O)Nc2ccc(C3CC3)cc2)cn1.O=C(O)O. The molecule has 1 heterocycles. The predicted octanol–water partition coefficient (Wildman–Crippen LogP) is 5.60. The van der Waals surface area contributed by atoms with Gasteiger partial charge in [0.15, 0.2) is 0 Å². The molecule has 4 rings (SSSR count). The van der Waals surface area contributed by atoms with Gasteiger partial charge in [0.1, 0.15) is 17.5 Å². The fraction of sp³-hybridized carbons (Fsp3) is 0.200. The second-order valence-electron chi connectivity index (χ2n) is 8.02. The molecule has 0 bridgehead atoms. The van der Waals surface area contributed by atoms with Crippen molar-refractivity contribution in [2.75, 3.05) is 22.5 Å². The second-order valence-corrected chi connectivity index (χ2v) is 8.02. The lowest BCUT2D eigenvalue weighted by Gasteiger charge is -2.14. The highest BCUT2D eigenvalue weighted by Gasteiger charge is 2.23. The maximum absolute atomic E-state index is 13.7. The van der Waals surface area contributed by atoms with Crippen LogP contribution in [0.25, 0.3) is 0 Å². The fourth-order valence-electron chi connectivity index (χ4n) is 3.36. The number of pyridine rings is 1. The number of benzene rings is 2.